The van der Waals surface area contributed by atoms with Crippen molar-refractivity contribution in [2.45, 2.75) is 45.4 Å². The van der Waals surface area contributed by atoms with Crippen LogP contribution in [-0.4, -0.2) is 42.9 Å². The quantitative estimate of drug-likeness (QED) is 0.524. The number of nitrogens with zero attached hydrogens (tertiary/aromatic N) is 1. The molecule has 178 valence electrons. The van der Waals surface area contributed by atoms with Crippen LogP contribution in [0.5, 0.6) is 0 Å². The number of carbonyl (C=O) groups is 2. The molecule has 2 aromatic carbocycles. The zero-order valence-electron chi connectivity index (χ0n) is 19.4. The minimum atomic E-state index is -1.02. The maximum absolute atomic E-state index is 13.2. The van der Waals surface area contributed by atoms with Crippen molar-refractivity contribution in [3.63, 3.8) is 0 Å². The third-order valence-electron chi connectivity index (χ3n) is 6.11. The van der Waals surface area contributed by atoms with Crippen LogP contribution >= 0.6 is 0 Å². The van der Waals surface area contributed by atoms with Gasteiger partial charge in [0.2, 0.25) is 5.91 Å². The lowest BCUT2D eigenvalue weighted by atomic mass is 9.89. The van der Waals surface area contributed by atoms with Crippen LogP contribution in [0.15, 0.2) is 42.5 Å². The minimum Gasteiger partial charge on any atom is -0.352 e. The molecular formula is C26H33F2N3O2. The Bertz CT molecular complexity index is 956. The number of likely N-dealkylation sites (tertiary alicyclic amines) is 1. The zero-order valence-corrected chi connectivity index (χ0v) is 19.4. The van der Waals surface area contributed by atoms with E-state index in [9.17, 15) is 18.4 Å². The van der Waals surface area contributed by atoms with E-state index >= 15 is 0 Å². The lowest BCUT2D eigenvalue weighted by Crippen LogP contribution is -2.34. The van der Waals surface area contributed by atoms with Gasteiger partial charge < -0.3 is 15.5 Å². The van der Waals surface area contributed by atoms with Gasteiger partial charge in [-0.2, -0.15) is 0 Å². The summed E-state index contributed by atoms with van der Waals surface area (Å²) in [5.41, 5.74) is 2.26. The first-order valence-electron chi connectivity index (χ1n) is 11.7. The number of hydrogen-bond acceptors (Lipinski definition) is 3. The second kappa shape index (κ2) is 11.9. The minimum absolute atomic E-state index is 0.0305. The molecule has 0 saturated carbocycles. The Kier molecular flexibility index (Phi) is 8.95. The highest BCUT2D eigenvalue weighted by molar-refractivity contribution is 5.94. The molecule has 33 heavy (non-hydrogen) atoms. The van der Waals surface area contributed by atoms with E-state index in [1.165, 1.54) is 11.6 Å². The van der Waals surface area contributed by atoms with Crippen molar-refractivity contribution in [2.24, 2.45) is 5.92 Å². The Morgan fingerprint density at radius 1 is 1.03 bits per heavy atom. The van der Waals surface area contributed by atoms with Crippen LogP contribution in [0.3, 0.4) is 0 Å². The van der Waals surface area contributed by atoms with Crippen LogP contribution < -0.4 is 10.6 Å². The molecule has 2 amide bonds. The Labute approximate surface area is 194 Å². The molecule has 1 heterocycles. The van der Waals surface area contributed by atoms with Crippen LogP contribution in [0, 0.1) is 17.6 Å². The fourth-order valence-electron chi connectivity index (χ4n) is 4.05. The summed E-state index contributed by atoms with van der Waals surface area (Å²) in [6, 6.07) is 11.3. The van der Waals surface area contributed by atoms with Gasteiger partial charge in [0.25, 0.3) is 5.91 Å². The first-order chi connectivity index (χ1) is 15.8. The average molecular weight is 458 g/mol. The highest BCUT2D eigenvalue weighted by Crippen LogP contribution is 2.29. The van der Waals surface area contributed by atoms with Gasteiger partial charge in [0.15, 0.2) is 11.6 Å². The number of piperidine rings is 1. The molecule has 0 radical (unpaired) electrons. The molecule has 2 aromatic rings. The number of rotatable bonds is 9. The van der Waals surface area contributed by atoms with E-state index in [1.54, 1.807) is 0 Å². The summed E-state index contributed by atoms with van der Waals surface area (Å²) in [5.74, 6) is -1.88. The van der Waals surface area contributed by atoms with Gasteiger partial charge in [0.1, 0.15) is 0 Å². The first kappa shape index (κ1) is 24.8. The molecule has 0 bridgehead atoms. The molecule has 1 aliphatic heterocycles. The number of nitrogens with one attached hydrogen (secondary N) is 2. The number of benzene rings is 2. The third-order valence-corrected chi connectivity index (χ3v) is 6.11. The van der Waals surface area contributed by atoms with Gasteiger partial charge >= 0.3 is 0 Å². The molecular weight excluding hydrogens is 424 g/mol. The number of hydrogen-bond donors (Lipinski definition) is 2. The Hall–Kier alpha value is -2.80. The lowest BCUT2D eigenvalue weighted by molar-refractivity contribution is -0.118. The van der Waals surface area contributed by atoms with E-state index in [4.69, 9.17) is 0 Å². The van der Waals surface area contributed by atoms with Crippen LogP contribution in [0.4, 0.5) is 14.5 Å². The molecule has 0 atom stereocenters. The summed E-state index contributed by atoms with van der Waals surface area (Å²) < 4.78 is 26.2. The molecule has 0 spiro atoms. The molecule has 5 nitrogen and oxygen atoms in total. The summed E-state index contributed by atoms with van der Waals surface area (Å²) in [5, 5.41) is 5.74. The smallest absolute Gasteiger partial charge is 0.251 e. The fraction of sp³-hybridized carbons (Fsp3) is 0.462. The Morgan fingerprint density at radius 2 is 1.79 bits per heavy atom. The first-order valence-corrected chi connectivity index (χ1v) is 11.7. The molecule has 0 unspecified atom stereocenters. The van der Waals surface area contributed by atoms with Crippen molar-refractivity contribution >= 4 is 17.5 Å². The number of amides is 2. The van der Waals surface area contributed by atoms with Gasteiger partial charge in [0.05, 0.1) is 0 Å². The SMILES string of the molecule is CC(C)C(=O)Nc1cccc(C2CCN(CCCCNC(=O)c3ccc(F)c(F)c3)CC2)c1. The van der Waals surface area contributed by atoms with E-state index in [0.29, 0.717) is 12.5 Å². The molecule has 0 aliphatic carbocycles. The maximum atomic E-state index is 13.2. The number of halogens is 2. The second-order valence-corrected chi connectivity index (χ2v) is 8.98. The van der Waals surface area contributed by atoms with Crippen molar-refractivity contribution in [1.82, 2.24) is 10.2 Å². The number of anilines is 1. The van der Waals surface area contributed by atoms with Gasteiger partial charge in [0, 0.05) is 23.7 Å². The van der Waals surface area contributed by atoms with Crippen LogP contribution in [0.1, 0.15) is 61.4 Å². The zero-order chi connectivity index (χ0) is 23.8. The standard InChI is InChI=1S/C26H33F2N3O2/c1-18(2)25(32)30-22-7-5-6-20(16-22)19-10-14-31(15-11-19)13-4-3-12-29-26(33)21-8-9-23(27)24(28)17-21/h5-9,16-19H,3-4,10-15H2,1-2H3,(H,29,33)(H,30,32). The van der Waals surface area contributed by atoms with Crippen molar-refractivity contribution in [2.75, 3.05) is 31.5 Å². The monoisotopic (exact) mass is 457 g/mol. The van der Waals surface area contributed by atoms with Gasteiger partial charge in [-0.05, 0) is 87.1 Å². The molecule has 1 saturated heterocycles. The van der Waals surface area contributed by atoms with Crippen molar-refractivity contribution in [3.8, 4) is 0 Å². The number of carbonyl (C=O) groups excluding carboxylic acids is 2. The van der Waals surface area contributed by atoms with Crippen LogP contribution in [0.25, 0.3) is 0 Å². The third kappa shape index (κ3) is 7.35. The van der Waals surface area contributed by atoms with Crippen LogP contribution in [0.2, 0.25) is 0 Å². The normalized spacial score (nSPS) is 14.9. The molecule has 2 N–H and O–H groups in total. The Balaban J connectivity index is 1.35. The maximum Gasteiger partial charge on any atom is 0.251 e. The molecule has 3 rings (SSSR count). The lowest BCUT2D eigenvalue weighted by Gasteiger charge is -2.32. The summed E-state index contributed by atoms with van der Waals surface area (Å²) in [7, 11) is 0. The van der Waals surface area contributed by atoms with Gasteiger partial charge in [-0.3, -0.25) is 9.59 Å². The van der Waals surface area contributed by atoms with E-state index in [1.807, 2.05) is 26.0 Å². The number of unbranched alkanes of at least 4 members (excludes halogenated alkanes) is 1. The summed E-state index contributed by atoms with van der Waals surface area (Å²) >= 11 is 0. The predicted molar refractivity (Wildman–Crippen MR) is 126 cm³/mol. The van der Waals surface area contributed by atoms with E-state index in [0.717, 1.165) is 63.1 Å². The topological polar surface area (TPSA) is 61.4 Å². The predicted octanol–water partition coefficient (Wildman–Crippen LogP) is 4.95. The molecule has 0 aromatic heterocycles. The summed E-state index contributed by atoms with van der Waals surface area (Å²) in [4.78, 5) is 26.4. The average Bonchev–Trinajstić information content (AvgIpc) is 2.81. The summed E-state index contributed by atoms with van der Waals surface area (Å²) in [6.07, 6.45) is 3.94. The fourth-order valence-corrected chi connectivity index (χ4v) is 4.05. The van der Waals surface area contributed by atoms with E-state index in [2.05, 4.69) is 27.7 Å². The largest absolute Gasteiger partial charge is 0.352 e. The van der Waals surface area contributed by atoms with Gasteiger partial charge in [-0.15, -0.1) is 0 Å². The van der Waals surface area contributed by atoms with Crippen molar-refractivity contribution in [1.29, 1.82) is 0 Å². The van der Waals surface area contributed by atoms with Gasteiger partial charge in [-0.25, -0.2) is 8.78 Å². The van der Waals surface area contributed by atoms with E-state index in [-0.39, 0.29) is 23.3 Å². The van der Waals surface area contributed by atoms with Crippen molar-refractivity contribution < 1.29 is 18.4 Å². The Morgan fingerprint density at radius 3 is 2.48 bits per heavy atom. The van der Waals surface area contributed by atoms with Crippen molar-refractivity contribution in [3.05, 3.63) is 65.2 Å². The molecule has 7 heteroatoms. The molecule has 1 aliphatic rings. The summed E-state index contributed by atoms with van der Waals surface area (Å²) in [6.45, 7) is 7.29. The van der Waals surface area contributed by atoms with Crippen LogP contribution in [-0.2, 0) is 4.79 Å². The highest BCUT2D eigenvalue weighted by atomic mass is 19.2. The highest BCUT2D eigenvalue weighted by Gasteiger charge is 2.21. The van der Waals surface area contributed by atoms with Gasteiger partial charge in [-0.1, -0.05) is 26.0 Å². The second-order valence-electron chi connectivity index (χ2n) is 8.98. The molecule has 1 fully saturated rings. The van der Waals surface area contributed by atoms with E-state index < -0.39 is 11.6 Å².